The number of likely N-dealkylation sites (N-methyl/N-ethyl adjacent to an activating group) is 1. The lowest BCUT2D eigenvalue weighted by Crippen LogP contribution is -2.28. The molecule has 2 aromatic carbocycles. The third-order valence-electron chi connectivity index (χ3n) is 4.88. The van der Waals surface area contributed by atoms with Crippen LogP contribution in [0, 0.1) is 0 Å². The van der Waals surface area contributed by atoms with Gasteiger partial charge in [0.05, 0.1) is 25.4 Å². The Balaban J connectivity index is 1.84. The molecule has 0 spiro atoms. The van der Waals surface area contributed by atoms with E-state index in [2.05, 4.69) is 42.1 Å². The number of rotatable bonds is 8. The molecule has 0 N–H and O–H groups in total. The highest BCUT2D eigenvalue weighted by Crippen LogP contribution is 2.35. The van der Waals surface area contributed by atoms with Gasteiger partial charge in [0.1, 0.15) is 0 Å². The van der Waals surface area contributed by atoms with E-state index >= 15 is 0 Å². The van der Waals surface area contributed by atoms with Crippen LogP contribution in [0.5, 0.6) is 11.5 Å². The number of carbonyl (C=O) groups is 1. The van der Waals surface area contributed by atoms with Gasteiger partial charge in [0.25, 0.3) is 0 Å². The van der Waals surface area contributed by atoms with E-state index in [0.717, 1.165) is 25.5 Å². The summed E-state index contributed by atoms with van der Waals surface area (Å²) in [5.74, 6) is 1.17. The molecule has 5 heteroatoms. The Morgan fingerprint density at radius 1 is 1.26 bits per heavy atom. The van der Waals surface area contributed by atoms with E-state index in [1.807, 2.05) is 12.3 Å². The molecule has 3 rings (SSSR count). The van der Waals surface area contributed by atoms with Crippen molar-refractivity contribution in [2.75, 3.05) is 25.7 Å². The van der Waals surface area contributed by atoms with Gasteiger partial charge in [-0.1, -0.05) is 31.5 Å². The standard InChI is InChI=1S/C22H26N2O3/c1-4-5-10-27-22-13-19(17(15-25)12-21(22)26-3)23-14-18-11-16-8-6-7-9-20(16)24(18)2/h6-9,12-15,18H,4-5,10-11H2,1-3H3/b23-14-. The highest BCUT2D eigenvalue weighted by molar-refractivity contribution is 5.87. The molecule has 1 aliphatic rings. The Morgan fingerprint density at radius 3 is 2.78 bits per heavy atom. The van der Waals surface area contributed by atoms with Crippen LogP contribution in [0.4, 0.5) is 11.4 Å². The zero-order chi connectivity index (χ0) is 19.2. The van der Waals surface area contributed by atoms with Crippen molar-refractivity contribution < 1.29 is 14.3 Å². The molecule has 0 bridgehead atoms. The summed E-state index contributed by atoms with van der Waals surface area (Å²) in [5.41, 5.74) is 3.62. The van der Waals surface area contributed by atoms with E-state index in [4.69, 9.17) is 9.47 Å². The van der Waals surface area contributed by atoms with Crippen LogP contribution in [-0.2, 0) is 6.42 Å². The summed E-state index contributed by atoms with van der Waals surface area (Å²) in [6.07, 6.45) is 5.63. The average molecular weight is 366 g/mol. The zero-order valence-corrected chi connectivity index (χ0v) is 16.1. The molecule has 0 fully saturated rings. The molecule has 0 aromatic heterocycles. The number of benzene rings is 2. The first kappa shape index (κ1) is 19.0. The third-order valence-corrected chi connectivity index (χ3v) is 4.88. The maximum atomic E-state index is 11.5. The van der Waals surface area contributed by atoms with Crippen LogP contribution in [0.15, 0.2) is 41.4 Å². The van der Waals surface area contributed by atoms with Gasteiger partial charge in [-0.05, 0) is 30.5 Å². The van der Waals surface area contributed by atoms with E-state index in [0.29, 0.717) is 29.4 Å². The molecule has 0 saturated heterocycles. The first-order chi connectivity index (χ1) is 13.2. The molecular weight excluding hydrogens is 340 g/mol. The molecule has 1 heterocycles. The summed E-state index contributed by atoms with van der Waals surface area (Å²) in [4.78, 5) is 18.4. The van der Waals surface area contributed by atoms with Crippen molar-refractivity contribution >= 4 is 23.9 Å². The number of methoxy groups -OCH3 is 1. The number of hydrogen-bond acceptors (Lipinski definition) is 5. The van der Waals surface area contributed by atoms with Gasteiger partial charge in [0, 0.05) is 30.6 Å². The van der Waals surface area contributed by atoms with Gasteiger partial charge < -0.3 is 14.4 Å². The molecule has 1 aliphatic heterocycles. The van der Waals surface area contributed by atoms with Gasteiger partial charge in [-0.3, -0.25) is 9.79 Å². The van der Waals surface area contributed by atoms with Gasteiger partial charge in [0.15, 0.2) is 17.8 Å². The second-order valence-corrected chi connectivity index (χ2v) is 6.67. The number of aliphatic imine (C=N–C) groups is 1. The summed E-state index contributed by atoms with van der Waals surface area (Å²) in [5, 5.41) is 0. The largest absolute Gasteiger partial charge is 0.493 e. The summed E-state index contributed by atoms with van der Waals surface area (Å²) in [6, 6.07) is 12.0. The minimum absolute atomic E-state index is 0.161. The Hall–Kier alpha value is -2.82. The number of hydrogen-bond donors (Lipinski definition) is 0. The quantitative estimate of drug-likeness (QED) is 0.393. The van der Waals surface area contributed by atoms with Crippen molar-refractivity contribution in [2.45, 2.75) is 32.2 Å². The Labute approximate surface area is 160 Å². The first-order valence-electron chi connectivity index (χ1n) is 9.32. The van der Waals surface area contributed by atoms with Gasteiger partial charge in [-0.2, -0.15) is 0 Å². The van der Waals surface area contributed by atoms with E-state index in [9.17, 15) is 4.79 Å². The van der Waals surface area contributed by atoms with E-state index in [1.165, 1.54) is 11.3 Å². The molecule has 0 aliphatic carbocycles. The van der Waals surface area contributed by atoms with Crippen LogP contribution >= 0.6 is 0 Å². The van der Waals surface area contributed by atoms with E-state index in [1.54, 1.807) is 19.2 Å². The predicted octanol–water partition coefficient (Wildman–Crippen LogP) is 4.45. The van der Waals surface area contributed by atoms with Crippen LogP contribution in [0.1, 0.15) is 35.7 Å². The second kappa shape index (κ2) is 8.71. The number of anilines is 1. The second-order valence-electron chi connectivity index (χ2n) is 6.67. The minimum Gasteiger partial charge on any atom is -0.493 e. The third kappa shape index (κ3) is 4.13. The number of para-hydroxylation sites is 1. The fraction of sp³-hybridized carbons (Fsp3) is 0.364. The first-order valence-corrected chi connectivity index (χ1v) is 9.32. The number of ether oxygens (including phenoxy) is 2. The fourth-order valence-electron chi connectivity index (χ4n) is 3.26. The Bertz CT molecular complexity index is 832. The smallest absolute Gasteiger partial charge is 0.163 e. The summed E-state index contributed by atoms with van der Waals surface area (Å²) >= 11 is 0. The molecule has 1 unspecified atom stereocenters. The highest BCUT2D eigenvalue weighted by atomic mass is 16.5. The molecule has 0 radical (unpaired) electrons. The molecule has 5 nitrogen and oxygen atoms in total. The van der Waals surface area contributed by atoms with Gasteiger partial charge in [-0.25, -0.2) is 0 Å². The number of fused-ring (bicyclic) bond motifs is 1. The van der Waals surface area contributed by atoms with Gasteiger partial charge in [0.2, 0.25) is 0 Å². The van der Waals surface area contributed by atoms with Crippen molar-refractivity contribution in [1.29, 1.82) is 0 Å². The van der Waals surface area contributed by atoms with Gasteiger partial charge in [-0.15, -0.1) is 0 Å². The molecule has 142 valence electrons. The van der Waals surface area contributed by atoms with Crippen LogP contribution in [0.2, 0.25) is 0 Å². The number of aldehydes is 1. The fourth-order valence-corrected chi connectivity index (χ4v) is 3.26. The van der Waals surface area contributed by atoms with Gasteiger partial charge >= 0.3 is 0 Å². The van der Waals surface area contributed by atoms with Crippen LogP contribution in [0.3, 0.4) is 0 Å². The normalized spacial score (nSPS) is 15.8. The lowest BCUT2D eigenvalue weighted by Gasteiger charge is -2.19. The van der Waals surface area contributed by atoms with E-state index < -0.39 is 0 Å². The number of carbonyl (C=O) groups excluding carboxylic acids is 1. The SMILES string of the molecule is CCCCOc1cc(/N=C\C2Cc3ccccc3N2C)c(C=O)cc1OC. The Kier molecular flexibility index (Phi) is 6.12. The monoisotopic (exact) mass is 366 g/mol. The maximum Gasteiger partial charge on any atom is 0.163 e. The van der Waals surface area contributed by atoms with Crippen LogP contribution in [0.25, 0.3) is 0 Å². The zero-order valence-electron chi connectivity index (χ0n) is 16.1. The number of unbranched alkanes of at least 4 members (excludes halogenated alkanes) is 1. The van der Waals surface area contributed by atoms with Crippen molar-refractivity contribution in [1.82, 2.24) is 0 Å². The predicted molar refractivity (Wildman–Crippen MR) is 109 cm³/mol. The summed E-state index contributed by atoms with van der Waals surface area (Å²) in [6.45, 7) is 2.72. The van der Waals surface area contributed by atoms with Crippen molar-refractivity contribution in [3.8, 4) is 11.5 Å². The topological polar surface area (TPSA) is 51.1 Å². The molecule has 0 amide bonds. The Morgan fingerprint density at radius 2 is 2.07 bits per heavy atom. The van der Waals surface area contributed by atoms with Crippen molar-refractivity contribution in [2.24, 2.45) is 4.99 Å². The summed E-state index contributed by atoms with van der Waals surface area (Å²) in [7, 11) is 3.64. The van der Waals surface area contributed by atoms with Crippen molar-refractivity contribution in [3.05, 3.63) is 47.5 Å². The number of nitrogens with zero attached hydrogens (tertiary/aromatic N) is 2. The highest BCUT2D eigenvalue weighted by Gasteiger charge is 2.24. The van der Waals surface area contributed by atoms with Crippen LogP contribution in [-0.4, -0.2) is 39.3 Å². The van der Waals surface area contributed by atoms with E-state index in [-0.39, 0.29) is 6.04 Å². The van der Waals surface area contributed by atoms with Crippen LogP contribution < -0.4 is 14.4 Å². The molecule has 2 aromatic rings. The maximum absolute atomic E-state index is 11.5. The minimum atomic E-state index is 0.161. The molecule has 0 saturated carbocycles. The summed E-state index contributed by atoms with van der Waals surface area (Å²) < 4.78 is 11.2. The molecular formula is C22H26N2O3. The average Bonchev–Trinajstić information content (AvgIpc) is 3.02. The molecule has 1 atom stereocenters. The van der Waals surface area contributed by atoms with Crippen molar-refractivity contribution in [3.63, 3.8) is 0 Å². The lowest BCUT2D eigenvalue weighted by molar-refractivity contribution is 0.112. The lowest BCUT2D eigenvalue weighted by atomic mass is 10.1. The molecule has 27 heavy (non-hydrogen) atoms.